The zero-order chi connectivity index (χ0) is 18.8. The smallest absolute Gasteiger partial charge is 0.295 e. The van der Waals surface area contributed by atoms with Crippen LogP contribution in [-0.4, -0.2) is 28.2 Å². The van der Waals surface area contributed by atoms with Crippen LogP contribution in [-0.2, 0) is 9.59 Å². The van der Waals surface area contributed by atoms with Gasteiger partial charge in [-0.25, -0.2) is 0 Å². The quantitative estimate of drug-likeness (QED) is 0.351. The van der Waals surface area contributed by atoms with Gasteiger partial charge in [-0.1, -0.05) is 64.0 Å². The van der Waals surface area contributed by atoms with Gasteiger partial charge in [0.1, 0.15) is 5.76 Å². The molecule has 3 rings (SSSR count). The van der Waals surface area contributed by atoms with Crippen molar-refractivity contribution in [1.29, 1.82) is 0 Å². The van der Waals surface area contributed by atoms with Gasteiger partial charge in [-0.15, -0.1) is 6.58 Å². The van der Waals surface area contributed by atoms with Crippen molar-refractivity contribution in [2.45, 2.75) is 13.0 Å². The summed E-state index contributed by atoms with van der Waals surface area (Å²) in [5, 5.41) is 10.8. The summed E-state index contributed by atoms with van der Waals surface area (Å²) in [4.78, 5) is 26.6. The highest BCUT2D eigenvalue weighted by atomic mass is 79.9. The zero-order valence-electron chi connectivity index (χ0n) is 14.3. The van der Waals surface area contributed by atoms with E-state index in [2.05, 4.69) is 22.5 Å². The van der Waals surface area contributed by atoms with E-state index < -0.39 is 17.7 Å². The van der Waals surface area contributed by atoms with E-state index in [1.54, 1.807) is 18.2 Å². The summed E-state index contributed by atoms with van der Waals surface area (Å²) in [7, 11) is 0. The molecule has 2 aromatic rings. The third-order valence-electron chi connectivity index (χ3n) is 4.38. The molecule has 1 N–H and O–H groups in total. The molecular formula is C21H18BrNO3. The number of Topliss-reactive ketones (excluding diaryl/α,β-unsaturated/α-hetero) is 1. The number of amides is 1. The van der Waals surface area contributed by atoms with Gasteiger partial charge < -0.3 is 10.0 Å². The fourth-order valence-corrected chi connectivity index (χ4v) is 3.33. The third-order valence-corrected chi connectivity index (χ3v) is 4.91. The average molecular weight is 412 g/mol. The van der Waals surface area contributed by atoms with Crippen LogP contribution in [0.25, 0.3) is 5.76 Å². The maximum atomic E-state index is 12.7. The first kappa shape index (κ1) is 18.1. The number of aliphatic hydroxyl groups excluding tert-OH is 1. The summed E-state index contributed by atoms with van der Waals surface area (Å²) < 4.78 is 0.889. The SMILES string of the molecule is C=CCN1C(=O)C(=O)/C(=C(/O)c2ccc(C)cc2)[C@H]1c1ccc(Br)cc1. The Balaban J connectivity index is 2.18. The Morgan fingerprint density at radius 3 is 2.35 bits per heavy atom. The number of carbonyl (C=O) groups excluding carboxylic acids is 2. The first-order valence-corrected chi connectivity index (χ1v) is 8.95. The maximum absolute atomic E-state index is 12.7. The van der Waals surface area contributed by atoms with Crippen molar-refractivity contribution in [1.82, 2.24) is 4.90 Å². The normalized spacial score (nSPS) is 19.0. The molecule has 1 fully saturated rings. The molecule has 0 radical (unpaired) electrons. The number of halogens is 1. The molecule has 5 heteroatoms. The van der Waals surface area contributed by atoms with Crippen LogP contribution in [0.1, 0.15) is 22.7 Å². The highest BCUT2D eigenvalue weighted by molar-refractivity contribution is 9.10. The molecule has 1 aliphatic heterocycles. The van der Waals surface area contributed by atoms with Crippen LogP contribution >= 0.6 is 15.9 Å². The molecule has 0 aliphatic carbocycles. The van der Waals surface area contributed by atoms with Gasteiger partial charge in [0, 0.05) is 16.6 Å². The predicted molar refractivity (Wildman–Crippen MR) is 105 cm³/mol. The topological polar surface area (TPSA) is 57.6 Å². The van der Waals surface area contributed by atoms with E-state index in [0.29, 0.717) is 5.56 Å². The number of hydrogen-bond acceptors (Lipinski definition) is 3. The second-order valence-electron chi connectivity index (χ2n) is 6.16. The van der Waals surface area contributed by atoms with E-state index in [0.717, 1.165) is 15.6 Å². The van der Waals surface area contributed by atoms with Crippen molar-refractivity contribution in [3.63, 3.8) is 0 Å². The molecule has 1 atom stereocenters. The molecule has 1 heterocycles. The Morgan fingerprint density at radius 2 is 1.77 bits per heavy atom. The van der Waals surface area contributed by atoms with Crippen LogP contribution in [0, 0.1) is 6.92 Å². The van der Waals surface area contributed by atoms with E-state index in [4.69, 9.17) is 0 Å². The molecule has 1 saturated heterocycles. The molecule has 0 saturated carbocycles. The van der Waals surface area contributed by atoms with E-state index in [1.807, 2.05) is 43.3 Å². The summed E-state index contributed by atoms with van der Waals surface area (Å²) in [5.41, 5.74) is 2.40. The summed E-state index contributed by atoms with van der Waals surface area (Å²) in [6.07, 6.45) is 1.57. The fraction of sp³-hybridized carbons (Fsp3) is 0.143. The lowest BCUT2D eigenvalue weighted by Crippen LogP contribution is -2.29. The van der Waals surface area contributed by atoms with Crippen LogP contribution in [0.5, 0.6) is 0 Å². The van der Waals surface area contributed by atoms with Crippen LogP contribution < -0.4 is 0 Å². The van der Waals surface area contributed by atoms with Gasteiger partial charge in [-0.2, -0.15) is 0 Å². The minimum absolute atomic E-state index is 0.100. The summed E-state index contributed by atoms with van der Waals surface area (Å²) >= 11 is 3.39. The van der Waals surface area contributed by atoms with Crippen molar-refractivity contribution in [2.75, 3.05) is 6.54 Å². The Morgan fingerprint density at radius 1 is 1.15 bits per heavy atom. The van der Waals surface area contributed by atoms with Crippen molar-refractivity contribution >= 4 is 33.4 Å². The molecule has 4 nitrogen and oxygen atoms in total. The first-order valence-electron chi connectivity index (χ1n) is 8.16. The molecule has 0 unspecified atom stereocenters. The second kappa shape index (κ2) is 7.30. The first-order chi connectivity index (χ1) is 12.4. The molecule has 1 aliphatic rings. The highest BCUT2D eigenvalue weighted by Crippen LogP contribution is 2.39. The van der Waals surface area contributed by atoms with Gasteiger partial charge >= 0.3 is 0 Å². The second-order valence-corrected chi connectivity index (χ2v) is 7.07. The lowest BCUT2D eigenvalue weighted by atomic mass is 9.95. The largest absolute Gasteiger partial charge is 0.507 e. The van der Waals surface area contributed by atoms with Gasteiger partial charge in [0.15, 0.2) is 0 Å². The zero-order valence-corrected chi connectivity index (χ0v) is 15.9. The number of aliphatic hydroxyl groups is 1. The van der Waals surface area contributed by atoms with E-state index in [9.17, 15) is 14.7 Å². The summed E-state index contributed by atoms with van der Waals surface area (Å²) in [6, 6.07) is 13.9. The average Bonchev–Trinajstić information content (AvgIpc) is 2.88. The van der Waals surface area contributed by atoms with Gasteiger partial charge in [-0.05, 0) is 24.6 Å². The Hall–Kier alpha value is -2.66. The lowest BCUT2D eigenvalue weighted by molar-refractivity contribution is -0.139. The van der Waals surface area contributed by atoms with Crippen molar-refractivity contribution in [2.24, 2.45) is 0 Å². The molecule has 26 heavy (non-hydrogen) atoms. The van der Waals surface area contributed by atoms with Crippen molar-refractivity contribution in [3.8, 4) is 0 Å². The maximum Gasteiger partial charge on any atom is 0.295 e. The van der Waals surface area contributed by atoms with E-state index >= 15 is 0 Å². The molecular weight excluding hydrogens is 394 g/mol. The number of nitrogens with zero attached hydrogens (tertiary/aromatic N) is 1. The predicted octanol–water partition coefficient (Wildman–Crippen LogP) is 4.37. The van der Waals surface area contributed by atoms with Gasteiger partial charge in [0.05, 0.1) is 11.6 Å². The number of hydrogen-bond donors (Lipinski definition) is 1. The number of rotatable bonds is 4. The van der Waals surface area contributed by atoms with Crippen LogP contribution in [0.2, 0.25) is 0 Å². The molecule has 2 aromatic carbocycles. The van der Waals surface area contributed by atoms with E-state index in [-0.39, 0.29) is 17.9 Å². The van der Waals surface area contributed by atoms with Gasteiger partial charge in [-0.3, -0.25) is 9.59 Å². The van der Waals surface area contributed by atoms with E-state index in [1.165, 1.54) is 4.90 Å². The lowest BCUT2D eigenvalue weighted by Gasteiger charge is -2.24. The number of aryl methyl sites for hydroxylation is 1. The van der Waals surface area contributed by atoms with Crippen LogP contribution in [0.15, 0.2) is 71.2 Å². The molecule has 0 aromatic heterocycles. The highest BCUT2D eigenvalue weighted by Gasteiger charge is 2.45. The number of likely N-dealkylation sites (tertiary alicyclic amines) is 1. The number of benzene rings is 2. The van der Waals surface area contributed by atoms with Crippen molar-refractivity contribution in [3.05, 3.63) is 87.9 Å². The Bertz CT molecular complexity index is 898. The monoisotopic (exact) mass is 411 g/mol. The van der Waals surface area contributed by atoms with Gasteiger partial charge in [0.2, 0.25) is 0 Å². The molecule has 0 bridgehead atoms. The third kappa shape index (κ3) is 3.22. The molecule has 0 spiro atoms. The summed E-state index contributed by atoms with van der Waals surface area (Å²) in [6.45, 7) is 5.83. The number of ketones is 1. The van der Waals surface area contributed by atoms with Crippen molar-refractivity contribution < 1.29 is 14.7 Å². The van der Waals surface area contributed by atoms with Crippen LogP contribution in [0.3, 0.4) is 0 Å². The Kier molecular flexibility index (Phi) is 5.09. The standard InChI is InChI=1S/C21H18BrNO3/c1-3-12-23-18(14-8-10-16(22)11-9-14)17(20(25)21(23)26)19(24)15-6-4-13(2)5-7-15/h3-11,18,24H,1,12H2,2H3/b19-17+/t18-/m1/s1. The van der Waals surface area contributed by atoms with Gasteiger partial charge in [0.25, 0.3) is 11.7 Å². The number of carbonyl (C=O) groups is 2. The minimum Gasteiger partial charge on any atom is -0.507 e. The molecule has 1 amide bonds. The molecule has 132 valence electrons. The van der Waals surface area contributed by atoms with Crippen LogP contribution in [0.4, 0.5) is 0 Å². The minimum atomic E-state index is -0.683. The Labute approximate surface area is 160 Å². The summed E-state index contributed by atoms with van der Waals surface area (Å²) in [5.74, 6) is -1.48. The fourth-order valence-electron chi connectivity index (χ4n) is 3.07.